The van der Waals surface area contributed by atoms with Crippen molar-refractivity contribution in [3.8, 4) is 0 Å². The van der Waals surface area contributed by atoms with E-state index in [-0.39, 0.29) is 5.91 Å². The lowest BCUT2D eigenvalue weighted by Crippen LogP contribution is -2.41. The van der Waals surface area contributed by atoms with E-state index >= 15 is 0 Å². The summed E-state index contributed by atoms with van der Waals surface area (Å²) in [5.41, 5.74) is 0. The minimum absolute atomic E-state index is 0.180. The van der Waals surface area contributed by atoms with Gasteiger partial charge in [-0.3, -0.25) is 9.69 Å². The summed E-state index contributed by atoms with van der Waals surface area (Å²) < 4.78 is 0. The van der Waals surface area contributed by atoms with Gasteiger partial charge >= 0.3 is 0 Å². The third-order valence-electron chi connectivity index (χ3n) is 3.55. The van der Waals surface area contributed by atoms with Crippen LogP contribution in [-0.2, 0) is 4.79 Å². The summed E-state index contributed by atoms with van der Waals surface area (Å²) in [4.78, 5) is 13.9. The van der Waals surface area contributed by atoms with Gasteiger partial charge in [0.15, 0.2) is 0 Å². The van der Waals surface area contributed by atoms with Crippen molar-refractivity contribution in [2.45, 2.75) is 44.7 Å². The molecule has 2 unspecified atom stereocenters. The molecule has 2 atom stereocenters. The first-order valence-corrected chi connectivity index (χ1v) is 6.53. The van der Waals surface area contributed by atoms with Gasteiger partial charge in [0.1, 0.15) is 0 Å². The van der Waals surface area contributed by atoms with Crippen LogP contribution < -0.4 is 10.6 Å². The number of nitrogens with zero attached hydrogens (tertiary/aromatic N) is 1. The van der Waals surface area contributed by atoms with Crippen LogP contribution in [0, 0.1) is 0 Å². The average Bonchev–Trinajstić information content (AvgIpc) is 2.60. The molecule has 2 heterocycles. The maximum absolute atomic E-state index is 11.6. The monoisotopic (exact) mass is 225 g/mol. The van der Waals surface area contributed by atoms with Gasteiger partial charge in [0.05, 0.1) is 6.54 Å². The standard InChI is InChI=1S/C12H23N3O/c1-2-6-13-12(16)9-15-7-5-10-3-4-11(8-15)14-10/h10-11,14H,2-9H2,1H3,(H,13,16). The number of likely N-dealkylation sites (tertiary alicyclic amines) is 1. The molecule has 0 saturated carbocycles. The number of nitrogens with one attached hydrogen (secondary N) is 2. The lowest BCUT2D eigenvalue weighted by atomic mass is 10.1. The van der Waals surface area contributed by atoms with E-state index in [0.717, 1.165) is 26.1 Å². The number of rotatable bonds is 4. The number of hydrogen-bond acceptors (Lipinski definition) is 3. The fourth-order valence-electron chi connectivity index (χ4n) is 2.68. The fraction of sp³-hybridized carbons (Fsp3) is 0.917. The summed E-state index contributed by atoms with van der Waals surface area (Å²) in [6.07, 6.45) is 4.80. The van der Waals surface area contributed by atoms with Gasteiger partial charge in [0, 0.05) is 31.7 Å². The molecule has 4 heteroatoms. The molecule has 0 aromatic heterocycles. The Balaban J connectivity index is 1.75. The lowest BCUT2D eigenvalue weighted by molar-refractivity contribution is -0.122. The Bertz CT molecular complexity index is 244. The summed E-state index contributed by atoms with van der Waals surface area (Å²) in [6.45, 7) is 5.56. The maximum atomic E-state index is 11.6. The third kappa shape index (κ3) is 3.19. The molecule has 2 N–H and O–H groups in total. The van der Waals surface area contributed by atoms with Crippen molar-refractivity contribution >= 4 is 5.91 Å². The normalized spacial score (nSPS) is 30.1. The predicted octanol–water partition coefficient (Wildman–Crippen LogP) is 0.339. The quantitative estimate of drug-likeness (QED) is 0.725. The molecule has 0 aromatic rings. The lowest BCUT2D eigenvalue weighted by Gasteiger charge is -2.23. The van der Waals surface area contributed by atoms with Gasteiger partial charge in [-0.1, -0.05) is 6.92 Å². The molecule has 0 aliphatic carbocycles. The van der Waals surface area contributed by atoms with Gasteiger partial charge in [-0.05, 0) is 25.7 Å². The van der Waals surface area contributed by atoms with E-state index in [4.69, 9.17) is 0 Å². The van der Waals surface area contributed by atoms with E-state index < -0.39 is 0 Å². The smallest absolute Gasteiger partial charge is 0.234 e. The molecular formula is C12H23N3O. The fourth-order valence-corrected chi connectivity index (χ4v) is 2.68. The van der Waals surface area contributed by atoms with Gasteiger partial charge in [-0.25, -0.2) is 0 Å². The van der Waals surface area contributed by atoms with E-state index in [2.05, 4.69) is 22.5 Å². The van der Waals surface area contributed by atoms with Crippen LogP contribution in [0.15, 0.2) is 0 Å². The first-order chi connectivity index (χ1) is 7.78. The van der Waals surface area contributed by atoms with E-state index in [1.165, 1.54) is 19.3 Å². The van der Waals surface area contributed by atoms with Crippen LogP contribution in [0.3, 0.4) is 0 Å². The zero-order chi connectivity index (χ0) is 11.4. The van der Waals surface area contributed by atoms with Crippen LogP contribution in [0.25, 0.3) is 0 Å². The number of carbonyl (C=O) groups is 1. The molecule has 16 heavy (non-hydrogen) atoms. The minimum atomic E-state index is 0.180. The van der Waals surface area contributed by atoms with Crippen LogP contribution in [-0.4, -0.2) is 49.1 Å². The highest BCUT2D eigenvalue weighted by molar-refractivity contribution is 5.77. The third-order valence-corrected chi connectivity index (χ3v) is 3.55. The highest BCUT2D eigenvalue weighted by Crippen LogP contribution is 2.19. The maximum Gasteiger partial charge on any atom is 0.234 e. The number of amides is 1. The Morgan fingerprint density at radius 2 is 2.19 bits per heavy atom. The second-order valence-corrected chi connectivity index (χ2v) is 5.01. The summed E-state index contributed by atoms with van der Waals surface area (Å²) in [5, 5.41) is 6.57. The molecule has 2 rings (SSSR count). The van der Waals surface area contributed by atoms with E-state index in [1.807, 2.05) is 0 Å². The zero-order valence-electron chi connectivity index (χ0n) is 10.2. The Morgan fingerprint density at radius 3 is 3.00 bits per heavy atom. The Hall–Kier alpha value is -0.610. The van der Waals surface area contributed by atoms with Gasteiger partial charge in [0.2, 0.25) is 5.91 Å². The summed E-state index contributed by atoms with van der Waals surface area (Å²) in [6, 6.07) is 1.32. The number of carbonyl (C=O) groups excluding carboxylic acids is 1. The summed E-state index contributed by atoms with van der Waals surface area (Å²) >= 11 is 0. The van der Waals surface area contributed by atoms with Crippen molar-refractivity contribution in [1.82, 2.24) is 15.5 Å². The molecule has 2 saturated heterocycles. The number of hydrogen-bond donors (Lipinski definition) is 2. The molecular weight excluding hydrogens is 202 g/mol. The SMILES string of the molecule is CCCNC(=O)CN1CCC2CCC(C1)N2. The van der Waals surface area contributed by atoms with Crippen molar-refractivity contribution in [2.24, 2.45) is 0 Å². The number of fused-ring (bicyclic) bond motifs is 2. The summed E-state index contributed by atoms with van der Waals surface area (Å²) in [5.74, 6) is 0.180. The highest BCUT2D eigenvalue weighted by Gasteiger charge is 2.29. The van der Waals surface area contributed by atoms with Crippen LogP contribution in [0.5, 0.6) is 0 Å². The minimum Gasteiger partial charge on any atom is -0.355 e. The molecule has 1 amide bonds. The van der Waals surface area contributed by atoms with Crippen LogP contribution >= 0.6 is 0 Å². The van der Waals surface area contributed by atoms with E-state index in [9.17, 15) is 4.79 Å². The average molecular weight is 225 g/mol. The van der Waals surface area contributed by atoms with Crippen LogP contribution in [0.1, 0.15) is 32.6 Å². The molecule has 0 spiro atoms. The first-order valence-electron chi connectivity index (χ1n) is 6.53. The molecule has 2 fully saturated rings. The largest absolute Gasteiger partial charge is 0.355 e. The zero-order valence-corrected chi connectivity index (χ0v) is 10.2. The topological polar surface area (TPSA) is 44.4 Å². The van der Waals surface area contributed by atoms with Gasteiger partial charge in [0.25, 0.3) is 0 Å². The van der Waals surface area contributed by atoms with E-state index in [0.29, 0.717) is 18.6 Å². The van der Waals surface area contributed by atoms with Gasteiger partial charge < -0.3 is 10.6 Å². The van der Waals surface area contributed by atoms with Crippen molar-refractivity contribution in [3.05, 3.63) is 0 Å². The van der Waals surface area contributed by atoms with E-state index in [1.54, 1.807) is 0 Å². The molecule has 0 aromatic carbocycles. The highest BCUT2D eigenvalue weighted by atomic mass is 16.2. The summed E-state index contributed by atoms with van der Waals surface area (Å²) in [7, 11) is 0. The molecule has 4 nitrogen and oxygen atoms in total. The Morgan fingerprint density at radius 1 is 1.38 bits per heavy atom. The first kappa shape index (κ1) is 11.9. The predicted molar refractivity (Wildman–Crippen MR) is 64.3 cm³/mol. The van der Waals surface area contributed by atoms with Crippen LogP contribution in [0.4, 0.5) is 0 Å². The molecule has 2 aliphatic rings. The molecule has 2 aliphatic heterocycles. The van der Waals surface area contributed by atoms with Crippen molar-refractivity contribution < 1.29 is 4.79 Å². The van der Waals surface area contributed by atoms with Crippen molar-refractivity contribution in [3.63, 3.8) is 0 Å². The molecule has 0 radical (unpaired) electrons. The molecule has 92 valence electrons. The van der Waals surface area contributed by atoms with Gasteiger partial charge in [-0.15, -0.1) is 0 Å². The van der Waals surface area contributed by atoms with Crippen molar-refractivity contribution in [1.29, 1.82) is 0 Å². The second-order valence-electron chi connectivity index (χ2n) is 5.01. The molecule has 2 bridgehead atoms. The second kappa shape index (κ2) is 5.64. The van der Waals surface area contributed by atoms with Gasteiger partial charge in [-0.2, -0.15) is 0 Å². The Labute approximate surface area is 97.8 Å². The van der Waals surface area contributed by atoms with Crippen molar-refractivity contribution in [2.75, 3.05) is 26.2 Å². The Kier molecular flexibility index (Phi) is 4.18. The van der Waals surface area contributed by atoms with Crippen LogP contribution in [0.2, 0.25) is 0 Å².